The van der Waals surface area contributed by atoms with Crippen LogP contribution < -0.4 is 11.1 Å². The molecule has 2 amide bonds. The van der Waals surface area contributed by atoms with E-state index in [1.54, 1.807) is 0 Å². The highest BCUT2D eigenvalue weighted by atomic mass is 32.1. The number of piperidine rings is 1. The molecule has 0 aromatic heterocycles. The number of carbonyl (C=O) groups excluding carboxylic acids is 2. The van der Waals surface area contributed by atoms with Crippen LogP contribution in [0.4, 0.5) is 0 Å². The van der Waals surface area contributed by atoms with E-state index >= 15 is 0 Å². The predicted molar refractivity (Wildman–Crippen MR) is 78.9 cm³/mol. The van der Waals surface area contributed by atoms with Gasteiger partial charge in [0.1, 0.15) is 0 Å². The molecule has 2 heterocycles. The molecule has 20 heavy (non-hydrogen) atoms. The fraction of sp³-hybridized carbons (Fsp3) is 0.786. The molecule has 3 fully saturated rings. The van der Waals surface area contributed by atoms with Crippen molar-refractivity contribution in [3.05, 3.63) is 0 Å². The van der Waals surface area contributed by atoms with Gasteiger partial charge in [-0.05, 0) is 31.6 Å². The number of carbonyl (C=O) groups is 2. The van der Waals surface area contributed by atoms with Gasteiger partial charge in [0.25, 0.3) is 0 Å². The Labute approximate surface area is 124 Å². The lowest BCUT2D eigenvalue weighted by molar-refractivity contribution is -0.149. The second kappa shape index (κ2) is 4.69. The van der Waals surface area contributed by atoms with Gasteiger partial charge in [-0.2, -0.15) is 0 Å². The average Bonchev–Trinajstić information content (AvgIpc) is 2.75. The molecule has 0 aromatic rings. The van der Waals surface area contributed by atoms with Crippen LogP contribution in [0.15, 0.2) is 0 Å². The number of hydrogen-bond donors (Lipinski definition) is 2. The van der Waals surface area contributed by atoms with Gasteiger partial charge in [0.05, 0.1) is 22.4 Å². The molecule has 3 aliphatic rings. The van der Waals surface area contributed by atoms with Gasteiger partial charge in [-0.3, -0.25) is 9.59 Å². The minimum absolute atomic E-state index is 0.00844. The summed E-state index contributed by atoms with van der Waals surface area (Å²) < 4.78 is 0. The molecule has 0 aromatic carbocycles. The zero-order valence-electron chi connectivity index (χ0n) is 11.7. The van der Waals surface area contributed by atoms with E-state index in [1.807, 2.05) is 4.90 Å². The number of hydrogen-bond acceptors (Lipinski definition) is 3. The Morgan fingerprint density at radius 2 is 2.20 bits per heavy atom. The Morgan fingerprint density at radius 3 is 2.80 bits per heavy atom. The maximum atomic E-state index is 13.0. The highest BCUT2D eigenvalue weighted by Crippen LogP contribution is 2.48. The number of nitrogens with zero attached hydrogens (tertiary/aromatic N) is 1. The molecule has 1 aliphatic carbocycles. The summed E-state index contributed by atoms with van der Waals surface area (Å²) in [5.74, 6) is 0.575. The maximum Gasteiger partial charge on any atom is 0.235 e. The molecule has 0 spiro atoms. The fourth-order valence-corrected chi connectivity index (χ4v) is 4.34. The zero-order valence-corrected chi connectivity index (χ0v) is 12.5. The molecule has 1 saturated carbocycles. The van der Waals surface area contributed by atoms with Crippen molar-refractivity contribution in [2.75, 3.05) is 13.1 Å². The summed E-state index contributed by atoms with van der Waals surface area (Å²) in [6.45, 7) is 3.40. The summed E-state index contributed by atoms with van der Waals surface area (Å²) in [7, 11) is 0. The van der Waals surface area contributed by atoms with Gasteiger partial charge >= 0.3 is 0 Å². The minimum Gasteiger partial charge on any atom is -0.392 e. The van der Waals surface area contributed by atoms with Crippen LogP contribution in [-0.4, -0.2) is 40.8 Å². The largest absolute Gasteiger partial charge is 0.392 e. The Hall–Kier alpha value is -1.17. The van der Waals surface area contributed by atoms with Gasteiger partial charge in [-0.15, -0.1) is 0 Å². The third kappa shape index (κ3) is 1.84. The first kappa shape index (κ1) is 13.8. The predicted octanol–water partition coefficient (Wildman–Crippen LogP) is 0.426. The number of rotatable bonds is 2. The third-order valence-electron chi connectivity index (χ3n) is 5.14. The van der Waals surface area contributed by atoms with Gasteiger partial charge < -0.3 is 16.0 Å². The molecule has 2 unspecified atom stereocenters. The first-order valence-corrected chi connectivity index (χ1v) is 7.75. The van der Waals surface area contributed by atoms with Gasteiger partial charge in [0.15, 0.2) is 0 Å². The van der Waals surface area contributed by atoms with E-state index in [0.717, 1.165) is 25.7 Å². The molecular formula is C14H21N3O2S. The van der Waals surface area contributed by atoms with Crippen molar-refractivity contribution in [3.8, 4) is 0 Å². The van der Waals surface area contributed by atoms with Crippen molar-refractivity contribution in [2.24, 2.45) is 23.0 Å². The molecule has 0 bridgehead atoms. The first-order valence-electron chi connectivity index (χ1n) is 7.34. The Balaban J connectivity index is 1.83. The molecule has 2 saturated heterocycles. The topological polar surface area (TPSA) is 75.4 Å². The summed E-state index contributed by atoms with van der Waals surface area (Å²) >= 11 is 5.17. The number of likely N-dealkylation sites (tertiary alicyclic amines) is 1. The van der Waals surface area contributed by atoms with Crippen molar-refractivity contribution in [3.63, 3.8) is 0 Å². The van der Waals surface area contributed by atoms with Crippen molar-refractivity contribution < 1.29 is 9.59 Å². The van der Waals surface area contributed by atoms with Crippen LogP contribution in [0.2, 0.25) is 0 Å². The standard InChI is InChI=1S/C14H21N3O2S/c1-8-5-14(6-8,12(15)20)13(19)17-4-2-3-9-10(17)7-16-11(9)18/h8-10H,2-7H2,1H3,(H2,15,20)(H,16,18). The van der Waals surface area contributed by atoms with Gasteiger partial charge in [-0.25, -0.2) is 0 Å². The van der Waals surface area contributed by atoms with Gasteiger partial charge in [-0.1, -0.05) is 19.1 Å². The molecule has 0 radical (unpaired) electrons. The van der Waals surface area contributed by atoms with E-state index in [2.05, 4.69) is 12.2 Å². The van der Waals surface area contributed by atoms with Gasteiger partial charge in [0.2, 0.25) is 11.8 Å². The SMILES string of the molecule is CC1CC(C(=O)N2CCCC3C(=O)NCC32)(C(N)=S)C1. The van der Waals surface area contributed by atoms with Crippen LogP contribution in [0, 0.1) is 17.3 Å². The number of nitrogens with two attached hydrogens (primary N) is 1. The molecule has 110 valence electrons. The molecule has 2 atom stereocenters. The minimum atomic E-state index is -0.651. The average molecular weight is 295 g/mol. The van der Waals surface area contributed by atoms with Crippen molar-refractivity contribution in [1.29, 1.82) is 0 Å². The lowest BCUT2D eigenvalue weighted by Gasteiger charge is -2.49. The normalized spacial score (nSPS) is 39.8. The summed E-state index contributed by atoms with van der Waals surface area (Å²) in [4.78, 5) is 26.9. The Kier molecular flexibility index (Phi) is 3.23. The lowest BCUT2D eigenvalue weighted by atomic mass is 9.61. The van der Waals surface area contributed by atoms with E-state index in [1.165, 1.54) is 0 Å². The third-order valence-corrected chi connectivity index (χ3v) is 5.53. The smallest absolute Gasteiger partial charge is 0.235 e. The van der Waals surface area contributed by atoms with Crippen LogP contribution in [0.5, 0.6) is 0 Å². The van der Waals surface area contributed by atoms with Crippen molar-refractivity contribution in [2.45, 2.75) is 38.6 Å². The Morgan fingerprint density at radius 1 is 1.50 bits per heavy atom. The highest BCUT2D eigenvalue weighted by Gasteiger charge is 2.55. The van der Waals surface area contributed by atoms with E-state index in [-0.39, 0.29) is 23.8 Å². The van der Waals surface area contributed by atoms with E-state index in [0.29, 0.717) is 24.0 Å². The monoisotopic (exact) mass is 295 g/mol. The van der Waals surface area contributed by atoms with Gasteiger partial charge in [0, 0.05) is 13.1 Å². The molecule has 6 heteroatoms. The quantitative estimate of drug-likeness (QED) is 0.724. The summed E-state index contributed by atoms with van der Waals surface area (Å²) in [6, 6.07) is -0.00844. The first-order chi connectivity index (χ1) is 9.45. The van der Waals surface area contributed by atoms with E-state index in [4.69, 9.17) is 18.0 Å². The van der Waals surface area contributed by atoms with E-state index < -0.39 is 5.41 Å². The number of thiocarbonyl (C=S) groups is 1. The van der Waals surface area contributed by atoms with Crippen LogP contribution in [0.3, 0.4) is 0 Å². The van der Waals surface area contributed by atoms with Crippen LogP contribution in [0.1, 0.15) is 32.6 Å². The summed E-state index contributed by atoms with van der Waals surface area (Å²) in [5, 5.41) is 2.87. The highest BCUT2D eigenvalue weighted by molar-refractivity contribution is 7.80. The second-order valence-corrected chi connectivity index (χ2v) is 6.96. The molecule has 3 rings (SSSR count). The van der Waals surface area contributed by atoms with Crippen LogP contribution in [-0.2, 0) is 9.59 Å². The summed E-state index contributed by atoms with van der Waals surface area (Å²) in [5.41, 5.74) is 5.22. The van der Waals surface area contributed by atoms with Crippen molar-refractivity contribution >= 4 is 29.0 Å². The van der Waals surface area contributed by atoms with E-state index in [9.17, 15) is 9.59 Å². The molecular weight excluding hydrogens is 274 g/mol. The van der Waals surface area contributed by atoms with Crippen molar-refractivity contribution in [1.82, 2.24) is 10.2 Å². The molecule has 3 N–H and O–H groups in total. The number of nitrogens with one attached hydrogen (secondary N) is 1. The Bertz CT molecular complexity index is 473. The maximum absolute atomic E-state index is 13.0. The molecule has 2 aliphatic heterocycles. The zero-order chi connectivity index (χ0) is 14.5. The fourth-order valence-electron chi connectivity index (χ4n) is 4.09. The number of amides is 2. The van der Waals surface area contributed by atoms with Crippen LogP contribution >= 0.6 is 12.2 Å². The lowest BCUT2D eigenvalue weighted by Crippen LogP contribution is -2.61. The van der Waals surface area contributed by atoms with Crippen LogP contribution in [0.25, 0.3) is 0 Å². The number of fused-ring (bicyclic) bond motifs is 1. The molecule has 5 nitrogen and oxygen atoms in total. The second-order valence-electron chi connectivity index (χ2n) is 6.52. The summed E-state index contributed by atoms with van der Waals surface area (Å²) in [6.07, 6.45) is 3.24.